The van der Waals surface area contributed by atoms with E-state index in [1.54, 1.807) is 11.3 Å². The zero-order valence-corrected chi connectivity index (χ0v) is 10.2. The van der Waals surface area contributed by atoms with Crippen LogP contribution in [0.1, 0.15) is 12.1 Å². The van der Waals surface area contributed by atoms with Crippen molar-refractivity contribution in [2.24, 2.45) is 5.92 Å². The number of anilines is 1. The van der Waals surface area contributed by atoms with Gasteiger partial charge in [-0.2, -0.15) is 0 Å². The summed E-state index contributed by atoms with van der Waals surface area (Å²) in [6, 6.07) is 0. The van der Waals surface area contributed by atoms with E-state index in [1.807, 2.05) is 12.3 Å². The fourth-order valence-electron chi connectivity index (χ4n) is 1.70. The molecular formula is C9H14N2O2S2. The summed E-state index contributed by atoms with van der Waals surface area (Å²) in [6.45, 7) is 2.66. The summed E-state index contributed by atoms with van der Waals surface area (Å²) < 4.78 is 22.4. The van der Waals surface area contributed by atoms with Gasteiger partial charge >= 0.3 is 0 Å². The zero-order valence-electron chi connectivity index (χ0n) is 8.56. The molecule has 1 saturated heterocycles. The number of rotatable bonds is 3. The van der Waals surface area contributed by atoms with Crippen LogP contribution in [0.15, 0.2) is 5.38 Å². The Kier molecular flexibility index (Phi) is 2.97. The number of aromatic nitrogens is 1. The fraction of sp³-hybridized carbons (Fsp3) is 0.667. The van der Waals surface area contributed by atoms with Crippen LogP contribution >= 0.6 is 11.3 Å². The molecule has 1 aromatic heterocycles. The summed E-state index contributed by atoms with van der Waals surface area (Å²) in [5.74, 6) is 0.917. The smallest absolute Gasteiger partial charge is 0.182 e. The summed E-state index contributed by atoms with van der Waals surface area (Å²) in [5, 5.41) is 6.05. The number of hydrogen-bond acceptors (Lipinski definition) is 5. The summed E-state index contributed by atoms with van der Waals surface area (Å²) >= 11 is 1.56. The average molecular weight is 246 g/mol. The van der Waals surface area contributed by atoms with Crippen LogP contribution in [0.2, 0.25) is 0 Å². The van der Waals surface area contributed by atoms with Crippen LogP contribution in [-0.2, 0) is 9.84 Å². The van der Waals surface area contributed by atoms with Crippen molar-refractivity contribution in [2.45, 2.75) is 13.3 Å². The van der Waals surface area contributed by atoms with Gasteiger partial charge in [-0.25, -0.2) is 13.4 Å². The van der Waals surface area contributed by atoms with Crippen LogP contribution in [0.4, 0.5) is 5.13 Å². The van der Waals surface area contributed by atoms with E-state index in [9.17, 15) is 8.42 Å². The third-order valence-electron chi connectivity index (χ3n) is 2.49. The highest BCUT2D eigenvalue weighted by molar-refractivity contribution is 7.91. The predicted molar refractivity (Wildman–Crippen MR) is 62.1 cm³/mol. The van der Waals surface area contributed by atoms with Crippen LogP contribution in [-0.4, -0.2) is 31.5 Å². The maximum atomic E-state index is 11.2. The Bertz CT molecular complexity index is 439. The maximum Gasteiger partial charge on any atom is 0.182 e. The number of nitrogens with zero attached hydrogens (tertiary/aromatic N) is 1. The Morgan fingerprint density at radius 2 is 2.47 bits per heavy atom. The highest BCUT2D eigenvalue weighted by atomic mass is 32.2. The van der Waals surface area contributed by atoms with Gasteiger partial charge < -0.3 is 5.32 Å². The first kappa shape index (κ1) is 10.9. The monoisotopic (exact) mass is 246 g/mol. The van der Waals surface area contributed by atoms with Crippen LogP contribution in [0, 0.1) is 12.8 Å². The fourth-order valence-corrected chi connectivity index (χ4v) is 4.26. The van der Waals surface area contributed by atoms with Crippen molar-refractivity contribution in [2.75, 3.05) is 23.4 Å². The molecule has 1 fully saturated rings. The molecule has 2 heterocycles. The molecular weight excluding hydrogens is 232 g/mol. The topological polar surface area (TPSA) is 59.1 Å². The second-order valence-corrected chi connectivity index (χ2v) is 7.03. The molecule has 0 bridgehead atoms. The Labute approximate surface area is 93.7 Å². The molecule has 2 rings (SSSR count). The number of thiazole rings is 1. The van der Waals surface area contributed by atoms with Crippen LogP contribution < -0.4 is 5.32 Å². The van der Waals surface area contributed by atoms with Gasteiger partial charge in [-0.3, -0.25) is 0 Å². The van der Waals surface area contributed by atoms with Gasteiger partial charge in [0.2, 0.25) is 0 Å². The molecule has 0 aliphatic carbocycles. The van der Waals surface area contributed by atoms with Gasteiger partial charge in [-0.05, 0) is 19.3 Å². The summed E-state index contributed by atoms with van der Waals surface area (Å²) in [7, 11) is -2.75. The minimum atomic E-state index is -2.75. The lowest BCUT2D eigenvalue weighted by Gasteiger charge is -2.07. The zero-order chi connectivity index (χ0) is 10.9. The largest absolute Gasteiger partial charge is 0.361 e. The van der Waals surface area contributed by atoms with E-state index in [-0.39, 0.29) is 5.92 Å². The summed E-state index contributed by atoms with van der Waals surface area (Å²) in [5.41, 5.74) is 1.00. The molecule has 0 spiro atoms. The van der Waals surface area contributed by atoms with Gasteiger partial charge in [0.15, 0.2) is 15.0 Å². The molecule has 1 aromatic rings. The molecule has 6 heteroatoms. The highest BCUT2D eigenvalue weighted by Crippen LogP contribution is 2.20. The lowest BCUT2D eigenvalue weighted by molar-refractivity contribution is 0.596. The van der Waals surface area contributed by atoms with Gasteiger partial charge in [0, 0.05) is 11.9 Å². The van der Waals surface area contributed by atoms with Crippen molar-refractivity contribution in [1.82, 2.24) is 4.98 Å². The van der Waals surface area contributed by atoms with E-state index in [4.69, 9.17) is 0 Å². The minimum absolute atomic E-state index is 0.249. The van der Waals surface area contributed by atoms with Crippen molar-refractivity contribution in [3.8, 4) is 0 Å². The Balaban J connectivity index is 1.85. The first-order valence-electron chi connectivity index (χ1n) is 4.91. The highest BCUT2D eigenvalue weighted by Gasteiger charge is 2.27. The molecule has 15 heavy (non-hydrogen) atoms. The number of nitrogens with one attached hydrogen (secondary N) is 1. The Morgan fingerprint density at radius 3 is 3.00 bits per heavy atom. The Morgan fingerprint density at radius 1 is 1.67 bits per heavy atom. The molecule has 1 atom stereocenters. The lowest BCUT2D eigenvalue weighted by Crippen LogP contribution is -2.15. The Hall–Kier alpha value is -0.620. The van der Waals surface area contributed by atoms with E-state index < -0.39 is 9.84 Å². The molecule has 4 nitrogen and oxygen atoms in total. The molecule has 84 valence electrons. The normalized spacial score (nSPS) is 24.2. The van der Waals surface area contributed by atoms with Gasteiger partial charge in [-0.1, -0.05) is 0 Å². The molecule has 1 aliphatic rings. The molecule has 0 saturated carbocycles. The standard InChI is InChI=1S/C9H14N2O2S2/c1-7-5-14-9(11-7)10-4-8-2-3-15(12,13)6-8/h5,8H,2-4,6H2,1H3,(H,10,11). The van der Waals surface area contributed by atoms with Gasteiger partial charge in [0.25, 0.3) is 0 Å². The molecule has 0 radical (unpaired) electrons. The van der Waals surface area contributed by atoms with Crippen molar-refractivity contribution in [3.63, 3.8) is 0 Å². The molecule has 1 aliphatic heterocycles. The van der Waals surface area contributed by atoms with Crippen LogP contribution in [0.25, 0.3) is 0 Å². The summed E-state index contributed by atoms with van der Waals surface area (Å²) in [6.07, 6.45) is 0.777. The van der Waals surface area contributed by atoms with E-state index in [0.29, 0.717) is 18.1 Å². The quantitative estimate of drug-likeness (QED) is 0.873. The molecule has 1 N–H and O–H groups in total. The van der Waals surface area contributed by atoms with Gasteiger partial charge in [0.05, 0.1) is 17.2 Å². The van der Waals surface area contributed by atoms with Crippen molar-refractivity contribution >= 4 is 26.3 Å². The van der Waals surface area contributed by atoms with E-state index in [2.05, 4.69) is 10.3 Å². The van der Waals surface area contributed by atoms with Crippen molar-refractivity contribution in [3.05, 3.63) is 11.1 Å². The van der Waals surface area contributed by atoms with Gasteiger partial charge in [-0.15, -0.1) is 11.3 Å². The molecule has 0 amide bonds. The molecule has 0 aromatic carbocycles. The third-order valence-corrected chi connectivity index (χ3v) is 5.24. The predicted octanol–water partition coefficient (Wildman–Crippen LogP) is 1.30. The average Bonchev–Trinajstić information content (AvgIpc) is 2.69. The maximum absolute atomic E-state index is 11.2. The van der Waals surface area contributed by atoms with Crippen molar-refractivity contribution < 1.29 is 8.42 Å². The molecule has 1 unspecified atom stereocenters. The van der Waals surface area contributed by atoms with Crippen LogP contribution in [0.5, 0.6) is 0 Å². The second kappa shape index (κ2) is 4.09. The summed E-state index contributed by atoms with van der Waals surface area (Å²) in [4.78, 5) is 4.27. The number of hydrogen-bond donors (Lipinski definition) is 1. The van der Waals surface area contributed by atoms with Crippen LogP contribution in [0.3, 0.4) is 0 Å². The number of sulfone groups is 1. The number of aryl methyl sites for hydroxylation is 1. The SMILES string of the molecule is Cc1csc(NCC2CCS(=O)(=O)C2)n1. The lowest BCUT2D eigenvalue weighted by atomic mass is 10.1. The van der Waals surface area contributed by atoms with E-state index in [0.717, 1.165) is 17.2 Å². The van der Waals surface area contributed by atoms with E-state index in [1.165, 1.54) is 0 Å². The van der Waals surface area contributed by atoms with Crippen molar-refractivity contribution in [1.29, 1.82) is 0 Å². The minimum Gasteiger partial charge on any atom is -0.361 e. The third kappa shape index (κ3) is 2.92. The second-order valence-electron chi connectivity index (χ2n) is 3.94. The first-order valence-corrected chi connectivity index (χ1v) is 7.62. The van der Waals surface area contributed by atoms with Gasteiger partial charge in [0.1, 0.15) is 0 Å². The first-order chi connectivity index (χ1) is 7.05. The van der Waals surface area contributed by atoms with E-state index >= 15 is 0 Å².